The van der Waals surface area contributed by atoms with Crippen LogP contribution in [0.1, 0.15) is 67.3 Å². The molecule has 1 N–H and O–H groups in total. The summed E-state index contributed by atoms with van der Waals surface area (Å²) in [6, 6.07) is 1.76. The number of piperidine rings is 1. The number of ether oxygens (including phenoxy) is 2. The lowest BCUT2D eigenvalue weighted by molar-refractivity contribution is -0.150. The first kappa shape index (κ1) is 23.8. The van der Waals surface area contributed by atoms with Crippen molar-refractivity contribution in [3.63, 3.8) is 0 Å². The molecule has 0 aliphatic carbocycles. The van der Waals surface area contributed by atoms with Crippen LogP contribution < -0.4 is 4.90 Å². The van der Waals surface area contributed by atoms with Crippen LogP contribution in [-0.4, -0.2) is 53.2 Å². The smallest absolute Gasteiger partial charge is 0.358 e. The molecule has 3 heterocycles. The number of carbonyl (C=O) groups is 2. The van der Waals surface area contributed by atoms with Gasteiger partial charge >= 0.3 is 11.9 Å². The molecule has 8 heteroatoms. The second-order valence-corrected chi connectivity index (χ2v) is 8.69. The number of nitrogens with zero attached hydrogens (tertiary/aromatic N) is 3. The number of methoxy groups -OCH3 is 1. The molecule has 3 rings (SSSR count). The average molecular weight is 444 g/mol. The van der Waals surface area contributed by atoms with Crippen molar-refractivity contribution in [1.82, 2.24) is 9.38 Å². The molecule has 2 aromatic rings. The van der Waals surface area contributed by atoms with Crippen LogP contribution in [0.5, 0.6) is 0 Å². The van der Waals surface area contributed by atoms with Crippen LogP contribution in [0.2, 0.25) is 0 Å². The first-order valence-corrected chi connectivity index (χ1v) is 11.1. The normalized spacial score (nSPS) is 16.6. The van der Waals surface area contributed by atoms with Gasteiger partial charge in [-0.15, -0.1) is 6.58 Å². The van der Waals surface area contributed by atoms with E-state index in [1.165, 1.54) is 7.11 Å². The summed E-state index contributed by atoms with van der Waals surface area (Å²) in [6.45, 7) is 11.4. The molecule has 1 saturated heterocycles. The van der Waals surface area contributed by atoms with E-state index in [-0.39, 0.29) is 17.7 Å². The Morgan fingerprint density at radius 3 is 2.66 bits per heavy atom. The number of esters is 2. The Balaban J connectivity index is 2.09. The maximum absolute atomic E-state index is 12.3. The van der Waals surface area contributed by atoms with Gasteiger partial charge in [0.25, 0.3) is 0 Å². The highest BCUT2D eigenvalue weighted by Crippen LogP contribution is 2.40. The fraction of sp³-hybridized carbons (Fsp3) is 0.542. The number of aryl methyl sites for hydroxylation is 1. The fourth-order valence-electron chi connectivity index (χ4n) is 4.40. The third kappa shape index (κ3) is 4.65. The topological polar surface area (TPSA) is 93.4 Å². The Labute approximate surface area is 188 Å². The third-order valence-corrected chi connectivity index (χ3v) is 6.38. The van der Waals surface area contributed by atoms with E-state index < -0.39 is 18.0 Å². The maximum Gasteiger partial charge on any atom is 0.358 e. The lowest BCUT2D eigenvalue weighted by atomic mass is 9.76. The molecular formula is C24H33N3O5. The van der Waals surface area contributed by atoms with Crippen molar-refractivity contribution in [3.05, 3.63) is 41.7 Å². The number of hydrogen-bond acceptors (Lipinski definition) is 7. The van der Waals surface area contributed by atoms with E-state index >= 15 is 0 Å². The minimum Gasteiger partial charge on any atom is -0.467 e. The van der Waals surface area contributed by atoms with Crippen LogP contribution in [0.4, 0.5) is 5.82 Å². The van der Waals surface area contributed by atoms with Crippen LogP contribution >= 0.6 is 0 Å². The number of aromatic nitrogens is 2. The van der Waals surface area contributed by atoms with Gasteiger partial charge in [0.1, 0.15) is 11.5 Å². The van der Waals surface area contributed by atoms with Crippen molar-refractivity contribution in [1.29, 1.82) is 0 Å². The highest BCUT2D eigenvalue weighted by Gasteiger charge is 2.34. The van der Waals surface area contributed by atoms with Crippen molar-refractivity contribution in [2.45, 2.75) is 52.6 Å². The molecule has 1 aliphatic heterocycles. The number of anilines is 1. The molecule has 0 spiro atoms. The molecule has 1 fully saturated rings. The zero-order valence-corrected chi connectivity index (χ0v) is 19.4. The predicted molar refractivity (Wildman–Crippen MR) is 122 cm³/mol. The molecule has 8 nitrogen and oxygen atoms in total. The van der Waals surface area contributed by atoms with Gasteiger partial charge < -0.3 is 19.5 Å². The van der Waals surface area contributed by atoms with E-state index in [0.717, 1.165) is 38.8 Å². The summed E-state index contributed by atoms with van der Waals surface area (Å²) in [7, 11) is 1.25. The lowest BCUT2D eigenvalue weighted by Gasteiger charge is -2.41. The van der Waals surface area contributed by atoms with Gasteiger partial charge in [-0.1, -0.05) is 13.0 Å². The summed E-state index contributed by atoms with van der Waals surface area (Å²) in [5, 5.41) is 10.8. The quantitative estimate of drug-likeness (QED) is 0.492. The summed E-state index contributed by atoms with van der Waals surface area (Å²) in [5.74, 6) is -0.579. The van der Waals surface area contributed by atoms with E-state index in [1.54, 1.807) is 23.6 Å². The number of aliphatic hydroxyl groups excluding tert-OH is 1. The summed E-state index contributed by atoms with van der Waals surface area (Å²) >= 11 is 0. The molecular weight excluding hydrogens is 410 g/mol. The number of fused-ring (bicyclic) bond motifs is 1. The largest absolute Gasteiger partial charge is 0.467 e. The second kappa shape index (κ2) is 9.73. The molecule has 0 amide bonds. The molecule has 0 saturated carbocycles. The Bertz CT molecular complexity index is 1000. The number of carbonyl (C=O) groups excluding carboxylic acids is 2. The van der Waals surface area contributed by atoms with Gasteiger partial charge in [-0.2, -0.15) is 0 Å². The Morgan fingerprint density at radius 1 is 1.38 bits per heavy atom. The molecule has 32 heavy (non-hydrogen) atoms. The fourth-order valence-corrected chi connectivity index (χ4v) is 4.40. The van der Waals surface area contributed by atoms with Crippen LogP contribution in [0.15, 0.2) is 24.9 Å². The summed E-state index contributed by atoms with van der Waals surface area (Å²) in [5.41, 5.74) is 2.12. The van der Waals surface area contributed by atoms with Crippen LogP contribution in [0.25, 0.3) is 5.65 Å². The van der Waals surface area contributed by atoms with Crippen molar-refractivity contribution >= 4 is 23.4 Å². The Hall–Kier alpha value is -2.87. The zero-order valence-electron chi connectivity index (χ0n) is 19.4. The molecule has 0 radical (unpaired) electrons. The molecule has 1 atom stereocenters. The van der Waals surface area contributed by atoms with E-state index in [0.29, 0.717) is 22.6 Å². The van der Waals surface area contributed by atoms with Crippen LogP contribution in [0, 0.1) is 12.3 Å². The van der Waals surface area contributed by atoms with E-state index in [1.807, 2.05) is 13.0 Å². The monoisotopic (exact) mass is 443 g/mol. The number of imidazole rings is 1. The second-order valence-electron chi connectivity index (χ2n) is 8.69. The molecule has 0 unspecified atom stereocenters. The van der Waals surface area contributed by atoms with Gasteiger partial charge in [-0.25, -0.2) is 14.6 Å². The summed E-state index contributed by atoms with van der Waals surface area (Å²) < 4.78 is 11.7. The van der Waals surface area contributed by atoms with Gasteiger partial charge in [-0.3, -0.25) is 4.40 Å². The number of aliphatic hydroxyl groups is 1. The maximum atomic E-state index is 12.3. The summed E-state index contributed by atoms with van der Waals surface area (Å²) in [4.78, 5) is 31.2. The van der Waals surface area contributed by atoms with Gasteiger partial charge in [0.15, 0.2) is 11.8 Å². The number of allylic oxidation sites excluding steroid dienone is 1. The number of pyridine rings is 1. The molecule has 0 bridgehead atoms. The minimum absolute atomic E-state index is 0.185. The SMILES string of the molecule is C=CCCC1(C)CCN(c2c([C@H](O)C(=O)OC)c(C)cc3nc(C(=O)OCC)cn23)CC1. The highest BCUT2D eigenvalue weighted by atomic mass is 16.5. The lowest BCUT2D eigenvalue weighted by Crippen LogP contribution is -2.40. The van der Waals surface area contributed by atoms with Crippen LogP contribution in [-0.2, 0) is 14.3 Å². The van der Waals surface area contributed by atoms with Crippen LogP contribution in [0.3, 0.4) is 0 Å². The van der Waals surface area contributed by atoms with Gasteiger partial charge in [0.05, 0.1) is 13.7 Å². The molecule has 0 aromatic carbocycles. The van der Waals surface area contributed by atoms with E-state index in [2.05, 4.69) is 23.4 Å². The Kier molecular flexibility index (Phi) is 7.23. The van der Waals surface area contributed by atoms with Gasteiger partial charge in [-0.05, 0) is 56.6 Å². The van der Waals surface area contributed by atoms with Gasteiger partial charge in [0.2, 0.25) is 0 Å². The molecule has 2 aromatic heterocycles. The standard InChI is InChI=1S/C24H33N3O5/c1-6-8-9-24(4)10-12-26(13-11-24)21-19(20(28)23(30)31-5)16(3)14-18-25-17(15-27(18)21)22(29)32-7-2/h6,14-15,20,28H,1,7-13H2,2-5H3/t20-/m0/s1. The number of hydrogen-bond donors (Lipinski definition) is 1. The first-order chi connectivity index (χ1) is 15.2. The average Bonchev–Trinajstić information content (AvgIpc) is 3.20. The van der Waals surface area contributed by atoms with E-state index in [9.17, 15) is 14.7 Å². The minimum atomic E-state index is -1.44. The molecule has 174 valence electrons. The third-order valence-electron chi connectivity index (χ3n) is 6.38. The summed E-state index contributed by atoms with van der Waals surface area (Å²) in [6.07, 6.45) is 6.09. The van der Waals surface area contributed by atoms with E-state index in [4.69, 9.17) is 9.47 Å². The van der Waals surface area contributed by atoms with Gasteiger partial charge in [0, 0.05) is 24.8 Å². The van der Waals surface area contributed by atoms with Crippen molar-refractivity contribution < 1.29 is 24.2 Å². The van der Waals surface area contributed by atoms with Crippen molar-refractivity contribution in [2.75, 3.05) is 31.7 Å². The molecule has 1 aliphatic rings. The van der Waals surface area contributed by atoms with Crippen molar-refractivity contribution in [2.24, 2.45) is 5.41 Å². The number of rotatable bonds is 8. The Morgan fingerprint density at radius 2 is 2.06 bits per heavy atom. The first-order valence-electron chi connectivity index (χ1n) is 11.1. The van der Waals surface area contributed by atoms with Crippen molar-refractivity contribution in [3.8, 4) is 0 Å². The predicted octanol–water partition coefficient (Wildman–Crippen LogP) is 3.60. The zero-order chi connectivity index (χ0) is 23.5. The highest BCUT2D eigenvalue weighted by molar-refractivity contribution is 5.88.